The van der Waals surface area contributed by atoms with Crippen LogP contribution in [0.5, 0.6) is 0 Å². The summed E-state index contributed by atoms with van der Waals surface area (Å²) in [5.74, 6) is -0.669. The van der Waals surface area contributed by atoms with Crippen LogP contribution in [-0.2, 0) is 16.0 Å². The van der Waals surface area contributed by atoms with E-state index in [-0.39, 0.29) is 40.3 Å². The third kappa shape index (κ3) is 8.40. The summed E-state index contributed by atoms with van der Waals surface area (Å²) < 4.78 is 16.0. The van der Waals surface area contributed by atoms with Gasteiger partial charge in [-0.05, 0) is 32.8 Å². The van der Waals surface area contributed by atoms with Gasteiger partial charge in [0.25, 0.3) is 17.5 Å². The van der Waals surface area contributed by atoms with E-state index in [9.17, 15) is 19.7 Å². The molecule has 0 aliphatic rings. The molecular weight excluding hydrogens is 468 g/mol. The van der Waals surface area contributed by atoms with Gasteiger partial charge < -0.3 is 24.1 Å². The summed E-state index contributed by atoms with van der Waals surface area (Å²) in [5.41, 5.74) is -0.00181. The second kappa shape index (κ2) is 14.3. The van der Waals surface area contributed by atoms with Crippen LogP contribution in [-0.4, -0.2) is 66.1 Å². The number of nitrogens with zero attached hydrogens (tertiary/aromatic N) is 3. The number of oxazole rings is 1. The van der Waals surface area contributed by atoms with Crippen LogP contribution in [0.15, 0.2) is 28.9 Å². The number of nitro groups is 1. The van der Waals surface area contributed by atoms with Gasteiger partial charge in [-0.1, -0.05) is 11.6 Å². The van der Waals surface area contributed by atoms with Crippen molar-refractivity contribution in [2.24, 2.45) is 0 Å². The lowest BCUT2D eigenvalue weighted by molar-refractivity contribution is -0.384. The maximum atomic E-state index is 13.2. The maximum absolute atomic E-state index is 13.2. The van der Waals surface area contributed by atoms with E-state index in [4.69, 9.17) is 25.5 Å². The van der Waals surface area contributed by atoms with Gasteiger partial charge >= 0.3 is 0 Å². The maximum Gasteiger partial charge on any atom is 0.273 e. The molecule has 11 nitrogen and oxygen atoms in total. The zero-order valence-electron chi connectivity index (χ0n) is 19.3. The highest BCUT2D eigenvalue weighted by atomic mass is 35.5. The number of non-ortho nitro benzene ring substituents is 1. The molecule has 2 amide bonds. The fraction of sp³-hybridized carbons (Fsp3) is 0.500. The molecule has 0 radical (unpaired) electrons. The number of hydrogen-bond donors (Lipinski definition) is 1. The fourth-order valence-electron chi connectivity index (χ4n) is 2.98. The highest BCUT2D eigenvalue weighted by Gasteiger charge is 2.23. The van der Waals surface area contributed by atoms with Crippen LogP contribution >= 0.6 is 11.6 Å². The second-order valence-electron chi connectivity index (χ2n) is 7.13. The van der Waals surface area contributed by atoms with Crippen LogP contribution in [0.3, 0.4) is 0 Å². The Labute approximate surface area is 202 Å². The predicted octanol–water partition coefficient (Wildman–Crippen LogP) is 3.46. The van der Waals surface area contributed by atoms with Crippen molar-refractivity contribution >= 4 is 29.1 Å². The molecule has 2 rings (SSSR count). The zero-order valence-corrected chi connectivity index (χ0v) is 20.0. The third-order valence-electron chi connectivity index (χ3n) is 4.67. The predicted molar refractivity (Wildman–Crippen MR) is 124 cm³/mol. The van der Waals surface area contributed by atoms with Crippen LogP contribution in [0.2, 0.25) is 5.02 Å². The molecule has 0 saturated heterocycles. The Bertz CT molecular complexity index is 966. The molecule has 1 aromatic carbocycles. The third-order valence-corrected chi connectivity index (χ3v) is 4.98. The van der Waals surface area contributed by atoms with E-state index in [0.717, 1.165) is 6.07 Å². The number of nitro benzene ring substituents is 1. The number of aromatic nitrogens is 1. The summed E-state index contributed by atoms with van der Waals surface area (Å²) >= 11 is 6.15. The Morgan fingerprint density at radius 2 is 1.91 bits per heavy atom. The van der Waals surface area contributed by atoms with E-state index in [1.165, 1.54) is 23.3 Å². The van der Waals surface area contributed by atoms with E-state index < -0.39 is 10.8 Å². The average Bonchev–Trinajstić information content (AvgIpc) is 3.29. The zero-order chi connectivity index (χ0) is 24.9. The molecule has 0 unspecified atom stereocenters. The highest BCUT2D eigenvalue weighted by Crippen LogP contribution is 2.24. The highest BCUT2D eigenvalue weighted by molar-refractivity contribution is 6.34. The number of carbonyl (C=O) groups excluding carboxylic acids is 2. The number of benzene rings is 1. The lowest BCUT2D eigenvalue weighted by Crippen LogP contribution is -2.32. The summed E-state index contributed by atoms with van der Waals surface area (Å²) in [4.78, 5) is 41.4. The first-order chi connectivity index (χ1) is 16.4. The monoisotopic (exact) mass is 496 g/mol. The number of carbonyl (C=O) groups is 2. The molecule has 34 heavy (non-hydrogen) atoms. The largest absolute Gasteiger partial charge is 0.446 e. The first-order valence-electron chi connectivity index (χ1n) is 11.0. The van der Waals surface area contributed by atoms with Gasteiger partial charge in [0.1, 0.15) is 6.26 Å². The molecule has 186 valence electrons. The molecule has 2 aromatic rings. The van der Waals surface area contributed by atoms with Crippen molar-refractivity contribution in [3.63, 3.8) is 0 Å². The van der Waals surface area contributed by atoms with Crippen molar-refractivity contribution in [1.29, 1.82) is 0 Å². The minimum absolute atomic E-state index is 0.0180. The van der Waals surface area contributed by atoms with Crippen molar-refractivity contribution in [3.05, 3.63) is 56.7 Å². The molecule has 0 saturated carbocycles. The second-order valence-corrected chi connectivity index (χ2v) is 7.54. The van der Waals surface area contributed by atoms with Gasteiger partial charge in [-0.25, -0.2) is 4.98 Å². The number of rotatable bonds is 15. The normalized spacial score (nSPS) is 10.8. The van der Waals surface area contributed by atoms with Crippen LogP contribution in [0.4, 0.5) is 5.69 Å². The van der Waals surface area contributed by atoms with E-state index in [2.05, 4.69) is 10.3 Å². The minimum atomic E-state index is -0.587. The Morgan fingerprint density at radius 1 is 1.21 bits per heavy atom. The summed E-state index contributed by atoms with van der Waals surface area (Å²) in [6, 6.07) is 3.66. The van der Waals surface area contributed by atoms with Crippen molar-refractivity contribution < 1.29 is 28.4 Å². The van der Waals surface area contributed by atoms with Gasteiger partial charge in [0.15, 0.2) is 5.69 Å². The number of hydrogen-bond acceptors (Lipinski definition) is 8. The number of nitrogens with one attached hydrogen (secondary N) is 1. The van der Waals surface area contributed by atoms with Gasteiger partial charge in [0, 0.05) is 51.6 Å². The summed E-state index contributed by atoms with van der Waals surface area (Å²) in [6.45, 7) is 6.63. The first-order valence-corrected chi connectivity index (χ1v) is 11.4. The van der Waals surface area contributed by atoms with E-state index in [0.29, 0.717) is 52.4 Å². The number of halogens is 1. The number of amides is 2. The molecule has 0 aliphatic carbocycles. The molecule has 0 bridgehead atoms. The molecule has 1 heterocycles. The van der Waals surface area contributed by atoms with Crippen molar-refractivity contribution in [2.75, 3.05) is 39.5 Å². The fourth-order valence-corrected chi connectivity index (χ4v) is 3.23. The van der Waals surface area contributed by atoms with Crippen molar-refractivity contribution in [2.45, 2.75) is 33.2 Å². The van der Waals surface area contributed by atoms with Crippen molar-refractivity contribution in [3.8, 4) is 0 Å². The molecule has 1 N–H and O–H groups in total. The lowest BCUT2D eigenvalue weighted by Gasteiger charge is -2.21. The SMILES string of the molecule is CCOCCCNC(=O)c1coc(CN(CCCOCC)C(=O)c2ccc([N+](=O)[O-])cc2Cl)n1. The van der Waals surface area contributed by atoms with Crippen LogP contribution < -0.4 is 5.32 Å². The van der Waals surface area contributed by atoms with Crippen molar-refractivity contribution in [1.82, 2.24) is 15.2 Å². The van der Waals surface area contributed by atoms with Gasteiger partial charge in [-0.2, -0.15) is 0 Å². The average molecular weight is 497 g/mol. The summed E-state index contributed by atoms with van der Waals surface area (Å²) in [5, 5.41) is 13.7. The molecule has 1 aromatic heterocycles. The van der Waals surface area contributed by atoms with Gasteiger partial charge in [-0.3, -0.25) is 19.7 Å². The first kappa shape index (κ1) is 27.2. The quantitative estimate of drug-likeness (QED) is 0.225. The standard InChI is InChI=1S/C22H29ClN4O7/c1-3-32-11-5-9-24-21(28)19-15-34-20(25-19)14-26(10-6-12-33-4-2)22(29)17-8-7-16(27(30)31)13-18(17)23/h7-8,13,15H,3-6,9-12,14H2,1-2H3,(H,24,28). The lowest BCUT2D eigenvalue weighted by atomic mass is 10.1. The Hall–Kier alpha value is -3.02. The van der Waals surface area contributed by atoms with Gasteiger partial charge in [0.2, 0.25) is 5.89 Å². The molecular formula is C22H29ClN4O7. The molecule has 12 heteroatoms. The van der Waals surface area contributed by atoms with E-state index in [1.807, 2.05) is 13.8 Å². The molecule has 0 spiro atoms. The molecule has 0 aliphatic heterocycles. The van der Waals surface area contributed by atoms with E-state index >= 15 is 0 Å². The minimum Gasteiger partial charge on any atom is -0.446 e. The van der Waals surface area contributed by atoms with Gasteiger partial charge in [0.05, 0.1) is 22.1 Å². The molecule has 0 fully saturated rings. The Balaban J connectivity index is 2.09. The number of ether oxygens (including phenoxy) is 2. The van der Waals surface area contributed by atoms with Crippen LogP contribution in [0.1, 0.15) is 53.4 Å². The van der Waals surface area contributed by atoms with E-state index in [1.54, 1.807) is 0 Å². The molecule has 0 atom stereocenters. The van der Waals surface area contributed by atoms with Crippen LogP contribution in [0.25, 0.3) is 0 Å². The Morgan fingerprint density at radius 3 is 2.56 bits per heavy atom. The smallest absolute Gasteiger partial charge is 0.273 e. The van der Waals surface area contributed by atoms with Gasteiger partial charge in [-0.15, -0.1) is 0 Å². The van der Waals surface area contributed by atoms with Crippen LogP contribution in [0, 0.1) is 10.1 Å². The summed E-state index contributed by atoms with van der Waals surface area (Å²) in [7, 11) is 0. The summed E-state index contributed by atoms with van der Waals surface area (Å²) in [6.07, 6.45) is 2.44. The Kier molecular flexibility index (Phi) is 11.4. The topological polar surface area (TPSA) is 137 Å².